The molecule has 0 spiro atoms. The van der Waals surface area contributed by atoms with E-state index in [2.05, 4.69) is 61.8 Å². The summed E-state index contributed by atoms with van der Waals surface area (Å²) < 4.78 is 27.1. The first kappa shape index (κ1) is 30.0. The molecule has 3 aromatic rings. The van der Waals surface area contributed by atoms with E-state index in [0.717, 1.165) is 65.8 Å². The van der Waals surface area contributed by atoms with E-state index in [1.54, 1.807) is 6.07 Å². The highest BCUT2D eigenvalue weighted by Crippen LogP contribution is 2.48. The van der Waals surface area contributed by atoms with Gasteiger partial charge in [-0.25, -0.2) is 9.37 Å². The molecule has 1 fully saturated rings. The van der Waals surface area contributed by atoms with Crippen molar-refractivity contribution in [3.05, 3.63) is 76.7 Å². The average molecular weight is 575 g/mol. The predicted molar refractivity (Wildman–Crippen MR) is 162 cm³/mol. The van der Waals surface area contributed by atoms with E-state index in [1.807, 2.05) is 19.1 Å². The van der Waals surface area contributed by atoms with E-state index in [9.17, 15) is 9.90 Å². The van der Waals surface area contributed by atoms with Crippen molar-refractivity contribution < 1.29 is 23.8 Å². The summed E-state index contributed by atoms with van der Waals surface area (Å²) in [5.74, 6) is 0.0336. The molecule has 0 saturated heterocycles. The summed E-state index contributed by atoms with van der Waals surface area (Å²) in [5.41, 5.74) is 5.48. The first-order valence-electron chi connectivity index (χ1n) is 15.1. The maximum Gasteiger partial charge on any atom is 0.306 e. The Balaban J connectivity index is 1.50. The van der Waals surface area contributed by atoms with Gasteiger partial charge >= 0.3 is 5.97 Å². The molecule has 2 aromatic carbocycles. The van der Waals surface area contributed by atoms with E-state index >= 15 is 4.39 Å². The summed E-state index contributed by atoms with van der Waals surface area (Å²) in [6, 6.07) is 14.1. The zero-order chi connectivity index (χ0) is 30.2. The van der Waals surface area contributed by atoms with Crippen LogP contribution in [0, 0.1) is 17.7 Å². The molecule has 1 unspecified atom stereocenters. The van der Waals surface area contributed by atoms with Crippen molar-refractivity contribution in [2.75, 3.05) is 13.7 Å². The third kappa shape index (κ3) is 6.31. The molecule has 1 N–H and O–H groups in total. The van der Waals surface area contributed by atoms with E-state index in [0.29, 0.717) is 23.9 Å². The van der Waals surface area contributed by atoms with Crippen molar-refractivity contribution in [3.63, 3.8) is 0 Å². The van der Waals surface area contributed by atoms with Crippen LogP contribution in [0.4, 0.5) is 4.39 Å². The molecule has 6 nitrogen and oxygen atoms in total. The van der Waals surface area contributed by atoms with Gasteiger partial charge < -0.3 is 14.6 Å². The van der Waals surface area contributed by atoms with Gasteiger partial charge in [-0.2, -0.15) is 0 Å². The highest BCUT2D eigenvalue weighted by Gasteiger charge is 2.39. The van der Waals surface area contributed by atoms with Crippen LogP contribution in [0.15, 0.2) is 48.7 Å². The van der Waals surface area contributed by atoms with Gasteiger partial charge in [-0.15, -0.1) is 0 Å². The van der Waals surface area contributed by atoms with Crippen molar-refractivity contribution in [3.8, 4) is 22.8 Å². The SMILES string of the molecule is CCN(Cc1cc([C@@H]2CCc3ccc(C(C4CC4)[C@H](C)C(=O)O)cc3O2)ccc1-c1cc(OC)ncc1F)C(C)(C)C. The van der Waals surface area contributed by atoms with Crippen LogP contribution in [-0.4, -0.2) is 40.2 Å². The van der Waals surface area contributed by atoms with Gasteiger partial charge in [0, 0.05) is 23.7 Å². The Hall–Kier alpha value is -3.45. The number of aryl methyl sites for hydroxylation is 1. The summed E-state index contributed by atoms with van der Waals surface area (Å²) in [4.78, 5) is 18.3. The van der Waals surface area contributed by atoms with Crippen molar-refractivity contribution in [2.45, 2.75) is 84.4 Å². The number of pyridine rings is 1. The number of carboxylic acids is 1. The van der Waals surface area contributed by atoms with Gasteiger partial charge in [-0.3, -0.25) is 9.69 Å². The number of hydrogen-bond donors (Lipinski definition) is 1. The van der Waals surface area contributed by atoms with Crippen molar-refractivity contribution in [1.82, 2.24) is 9.88 Å². The number of benzene rings is 2. The van der Waals surface area contributed by atoms with Gasteiger partial charge in [0.2, 0.25) is 5.88 Å². The maximum atomic E-state index is 15.1. The molecule has 0 radical (unpaired) electrons. The number of fused-ring (bicyclic) bond motifs is 1. The van der Waals surface area contributed by atoms with E-state index in [4.69, 9.17) is 9.47 Å². The minimum atomic E-state index is -0.754. The number of carbonyl (C=O) groups is 1. The quantitative estimate of drug-likeness (QED) is 0.266. The van der Waals surface area contributed by atoms with Gasteiger partial charge in [-0.1, -0.05) is 44.2 Å². The fourth-order valence-electron chi connectivity index (χ4n) is 6.38. The van der Waals surface area contributed by atoms with Crippen LogP contribution in [-0.2, 0) is 17.8 Å². The lowest BCUT2D eigenvalue weighted by molar-refractivity contribution is -0.142. The minimum Gasteiger partial charge on any atom is -0.485 e. The molecule has 0 amide bonds. The third-order valence-corrected chi connectivity index (χ3v) is 9.00. The molecule has 224 valence electrons. The summed E-state index contributed by atoms with van der Waals surface area (Å²) in [6.07, 6.45) is 4.91. The molecule has 42 heavy (non-hydrogen) atoms. The molecule has 2 heterocycles. The molecule has 2 aliphatic rings. The second-order valence-corrected chi connectivity index (χ2v) is 12.8. The smallest absolute Gasteiger partial charge is 0.306 e. The van der Waals surface area contributed by atoms with Crippen LogP contribution in [0.2, 0.25) is 0 Å². The van der Waals surface area contributed by atoms with Crippen molar-refractivity contribution in [1.29, 1.82) is 0 Å². The Morgan fingerprint density at radius 1 is 1.14 bits per heavy atom. The number of carboxylic acid groups (broad SMARTS) is 1. The Morgan fingerprint density at radius 2 is 1.90 bits per heavy atom. The van der Waals surface area contributed by atoms with Gasteiger partial charge in [0.15, 0.2) is 0 Å². The summed E-state index contributed by atoms with van der Waals surface area (Å²) in [7, 11) is 1.53. The lowest BCUT2D eigenvalue weighted by Crippen LogP contribution is -2.40. The average Bonchev–Trinajstić information content (AvgIpc) is 3.80. The van der Waals surface area contributed by atoms with Crippen LogP contribution in [0.5, 0.6) is 11.6 Å². The number of hydrogen-bond acceptors (Lipinski definition) is 5. The first-order valence-corrected chi connectivity index (χ1v) is 15.1. The fourth-order valence-corrected chi connectivity index (χ4v) is 6.38. The number of ether oxygens (including phenoxy) is 2. The Bertz CT molecular complexity index is 1450. The standard InChI is InChI=1S/C35H43FN2O4/c1-7-38(35(3,4)5)20-26-16-24(12-14-27(26)28-18-32(41-6)37-19-29(28)36)30-15-13-22-8-11-25(17-31(22)42-30)33(23-9-10-23)21(2)34(39)40/h8,11-12,14,16-19,21,23,30,33H,7,9-10,13,15,20H2,1-6H3,(H,39,40)/t21-,30-,33?/m0/s1. The summed E-state index contributed by atoms with van der Waals surface area (Å²) >= 11 is 0. The number of nitrogens with zero attached hydrogens (tertiary/aromatic N) is 2. The molecular weight excluding hydrogens is 531 g/mol. The van der Waals surface area contributed by atoms with E-state index in [1.165, 1.54) is 13.3 Å². The van der Waals surface area contributed by atoms with Crippen LogP contribution in [0.25, 0.3) is 11.1 Å². The number of methoxy groups -OCH3 is 1. The van der Waals surface area contributed by atoms with Crippen LogP contribution in [0.3, 0.4) is 0 Å². The molecule has 1 aliphatic carbocycles. The molecular formula is C35H43FN2O4. The molecule has 7 heteroatoms. The van der Waals surface area contributed by atoms with Gasteiger partial charge in [-0.05, 0) is 98.7 Å². The van der Waals surface area contributed by atoms with E-state index in [-0.39, 0.29) is 23.4 Å². The zero-order valence-corrected chi connectivity index (χ0v) is 25.6. The Morgan fingerprint density at radius 3 is 2.55 bits per heavy atom. The highest BCUT2D eigenvalue weighted by atomic mass is 19.1. The van der Waals surface area contributed by atoms with Gasteiger partial charge in [0.05, 0.1) is 19.2 Å². The van der Waals surface area contributed by atoms with Gasteiger partial charge in [0.1, 0.15) is 17.7 Å². The van der Waals surface area contributed by atoms with Crippen LogP contribution < -0.4 is 9.47 Å². The zero-order valence-electron chi connectivity index (χ0n) is 25.6. The summed E-state index contributed by atoms with van der Waals surface area (Å²) in [5, 5.41) is 9.76. The van der Waals surface area contributed by atoms with E-state index < -0.39 is 11.9 Å². The highest BCUT2D eigenvalue weighted by molar-refractivity contribution is 5.71. The second kappa shape index (κ2) is 12.0. The molecule has 5 rings (SSSR count). The number of aliphatic carboxylic acids is 1. The minimum absolute atomic E-state index is 0.00709. The second-order valence-electron chi connectivity index (χ2n) is 12.8. The monoisotopic (exact) mass is 574 g/mol. The van der Waals surface area contributed by atoms with Crippen molar-refractivity contribution in [2.24, 2.45) is 11.8 Å². The number of halogens is 1. The largest absolute Gasteiger partial charge is 0.485 e. The predicted octanol–water partition coefficient (Wildman–Crippen LogP) is 7.80. The lowest BCUT2D eigenvalue weighted by atomic mass is 9.82. The third-order valence-electron chi connectivity index (χ3n) is 9.00. The molecule has 3 atom stereocenters. The van der Waals surface area contributed by atoms with Crippen LogP contribution >= 0.6 is 0 Å². The Labute approximate surface area is 248 Å². The summed E-state index contributed by atoms with van der Waals surface area (Å²) in [6.45, 7) is 12.0. The fraction of sp³-hybridized carbons (Fsp3) is 0.486. The van der Waals surface area contributed by atoms with Gasteiger partial charge in [0.25, 0.3) is 0 Å². The normalized spacial score (nSPS) is 18.2. The molecule has 1 aromatic heterocycles. The van der Waals surface area contributed by atoms with Crippen molar-refractivity contribution >= 4 is 5.97 Å². The topological polar surface area (TPSA) is 71.9 Å². The molecule has 1 aliphatic heterocycles. The lowest BCUT2D eigenvalue weighted by Gasteiger charge is -2.35. The Kier molecular flexibility index (Phi) is 8.61. The number of aromatic nitrogens is 1. The van der Waals surface area contributed by atoms with Crippen LogP contribution in [0.1, 0.15) is 88.2 Å². The molecule has 1 saturated carbocycles. The first-order chi connectivity index (χ1) is 20.0. The maximum absolute atomic E-state index is 15.1. The molecule has 0 bridgehead atoms. The number of rotatable bonds is 10.